The van der Waals surface area contributed by atoms with Gasteiger partial charge in [-0.15, -0.1) is 0 Å². The lowest BCUT2D eigenvalue weighted by Gasteiger charge is -2.25. The second-order valence-corrected chi connectivity index (χ2v) is 5.58. The molecular formula is C17H30N2. The molecule has 1 atom stereocenters. The maximum Gasteiger partial charge on any atom is 0.0236 e. The van der Waals surface area contributed by atoms with Gasteiger partial charge < -0.3 is 5.32 Å². The van der Waals surface area contributed by atoms with E-state index in [1.165, 1.54) is 30.4 Å². The van der Waals surface area contributed by atoms with Crippen LogP contribution in [-0.4, -0.2) is 31.1 Å². The van der Waals surface area contributed by atoms with Crippen LogP contribution in [-0.2, 0) is 6.54 Å². The number of rotatable bonds is 9. The molecule has 0 bridgehead atoms. The second-order valence-electron chi connectivity index (χ2n) is 5.58. The van der Waals surface area contributed by atoms with Gasteiger partial charge in [0.2, 0.25) is 0 Å². The van der Waals surface area contributed by atoms with Gasteiger partial charge in [-0.1, -0.05) is 31.2 Å². The summed E-state index contributed by atoms with van der Waals surface area (Å²) in [5, 5.41) is 3.47. The monoisotopic (exact) mass is 262 g/mol. The zero-order chi connectivity index (χ0) is 14.1. The van der Waals surface area contributed by atoms with Crippen LogP contribution >= 0.6 is 0 Å². The number of benzene rings is 1. The fourth-order valence-corrected chi connectivity index (χ4v) is 2.26. The van der Waals surface area contributed by atoms with Crippen molar-refractivity contribution >= 4 is 0 Å². The fraction of sp³-hybridized carbons (Fsp3) is 0.647. The third kappa shape index (κ3) is 6.22. The van der Waals surface area contributed by atoms with Gasteiger partial charge in [0.15, 0.2) is 0 Å². The molecular weight excluding hydrogens is 232 g/mol. The van der Waals surface area contributed by atoms with Crippen molar-refractivity contribution in [3.8, 4) is 0 Å². The minimum absolute atomic E-state index is 0.642. The number of nitrogens with zero attached hydrogens (tertiary/aromatic N) is 1. The number of hydrogen-bond acceptors (Lipinski definition) is 2. The van der Waals surface area contributed by atoms with E-state index in [4.69, 9.17) is 0 Å². The van der Waals surface area contributed by atoms with E-state index in [1.54, 1.807) is 0 Å². The Hall–Kier alpha value is -0.860. The van der Waals surface area contributed by atoms with Crippen LogP contribution in [0.15, 0.2) is 24.3 Å². The van der Waals surface area contributed by atoms with Crippen LogP contribution in [0.3, 0.4) is 0 Å². The molecule has 0 aliphatic heterocycles. The molecule has 0 spiro atoms. The summed E-state index contributed by atoms with van der Waals surface area (Å²) < 4.78 is 0. The van der Waals surface area contributed by atoms with Crippen molar-refractivity contribution in [2.75, 3.05) is 20.1 Å². The summed E-state index contributed by atoms with van der Waals surface area (Å²) in [5.41, 5.74) is 2.84. The summed E-state index contributed by atoms with van der Waals surface area (Å²) in [5.74, 6) is 0. The number of aryl methyl sites for hydroxylation is 1. The highest BCUT2D eigenvalue weighted by Gasteiger charge is 2.10. The molecule has 1 rings (SSSR count). The molecule has 0 radical (unpaired) electrons. The lowest BCUT2D eigenvalue weighted by Crippen LogP contribution is -2.29. The van der Waals surface area contributed by atoms with E-state index >= 15 is 0 Å². The van der Waals surface area contributed by atoms with Crippen molar-refractivity contribution in [3.05, 3.63) is 35.4 Å². The van der Waals surface area contributed by atoms with Crippen LogP contribution in [0.2, 0.25) is 0 Å². The van der Waals surface area contributed by atoms with Crippen molar-refractivity contribution in [1.82, 2.24) is 10.2 Å². The van der Waals surface area contributed by atoms with Crippen LogP contribution in [0, 0.1) is 6.92 Å². The molecule has 0 aromatic heterocycles. The summed E-state index contributed by atoms with van der Waals surface area (Å²) in [6.07, 6.45) is 3.75. The topological polar surface area (TPSA) is 15.3 Å². The summed E-state index contributed by atoms with van der Waals surface area (Å²) in [7, 11) is 2.23. The van der Waals surface area contributed by atoms with E-state index in [-0.39, 0.29) is 0 Å². The Morgan fingerprint density at radius 1 is 1.21 bits per heavy atom. The third-order valence-electron chi connectivity index (χ3n) is 3.84. The minimum Gasteiger partial charge on any atom is -0.317 e. The Kier molecular flexibility index (Phi) is 7.76. The maximum atomic E-state index is 3.47. The Labute approximate surface area is 119 Å². The maximum absolute atomic E-state index is 3.47. The third-order valence-corrected chi connectivity index (χ3v) is 3.84. The minimum atomic E-state index is 0.642. The first-order valence-corrected chi connectivity index (χ1v) is 7.60. The Morgan fingerprint density at radius 2 is 1.95 bits per heavy atom. The highest BCUT2D eigenvalue weighted by atomic mass is 15.1. The van der Waals surface area contributed by atoms with Gasteiger partial charge in [0.1, 0.15) is 0 Å². The molecule has 0 fully saturated rings. The molecule has 2 nitrogen and oxygen atoms in total. The van der Waals surface area contributed by atoms with Gasteiger partial charge in [-0.05, 0) is 64.4 Å². The molecule has 0 heterocycles. The smallest absolute Gasteiger partial charge is 0.0236 e. The molecule has 108 valence electrons. The van der Waals surface area contributed by atoms with Crippen molar-refractivity contribution in [1.29, 1.82) is 0 Å². The first kappa shape index (κ1) is 16.2. The number of hydrogen-bond donors (Lipinski definition) is 1. The molecule has 1 aromatic rings. The standard InChI is InChI=1S/C17H30N2/c1-5-12-18-13-8-10-16(3)19(4)14-17-11-7-6-9-15(17)2/h6-7,9,11,16,18H,5,8,10,12-14H2,1-4H3. The van der Waals surface area contributed by atoms with E-state index < -0.39 is 0 Å². The zero-order valence-corrected chi connectivity index (χ0v) is 13.1. The predicted molar refractivity (Wildman–Crippen MR) is 84.5 cm³/mol. The average molecular weight is 262 g/mol. The highest BCUT2D eigenvalue weighted by Crippen LogP contribution is 2.13. The van der Waals surface area contributed by atoms with E-state index in [9.17, 15) is 0 Å². The van der Waals surface area contributed by atoms with Gasteiger partial charge in [0, 0.05) is 12.6 Å². The molecule has 0 amide bonds. The molecule has 1 N–H and O–H groups in total. The molecule has 0 aliphatic carbocycles. The molecule has 19 heavy (non-hydrogen) atoms. The number of nitrogens with one attached hydrogen (secondary N) is 1. The Bertz CT molecular complexity index is 349. The molecule has 1 unspecified atom stereocenters. The van der Waals surface area contributed by atoms with Crippen LogP contribution in [0.4, 0.5) is 0 Å². The van der Waals surface area contributed by atoms with Gasteiger partial charge in [0.25, 0.3) is 0 Å². The van der Waals surface area contributed by atoms with Gasteiger partial charge in [0.05, 0.1) is 0 Å². The van der Waals surface area contributed by atoms with E-state index in [1.807, 2.05) is 0 Å². The first-order chi connectivity index (χ1) is 9.15. The van der Waals surface area contributed by atoms with Crippen molar-refractivity contribution in [3.63, 3.8) is 0 Å². The van der Waals surface area contributed by atoms with Crippen LogP contribution in [0.25, 0.3) is 0 Å². The molecule has 2 heteroatoms. The molecule has 0 aliphatic rings. The molecule has 0 saturated carbocycles. The largest absolute Gasteiger partial charge is 0.317 e. The van der Waals surface area contributed by atoms with Crippen molar-refractivity contribution < 1.29 is 0 Å². The van der Waals surface area contributed by atoms with E-state index in [0.717, 1.165) is 19.6 Å². The van der Waals surface area contributed by atoms with Gasteiger partial charge in [-0.25, -0.2) is 0 Å². The normalized spacial score (nSPS) is 12.9. The lowest BCUT2D eigenvalue weighted by atomic mass is 10.1. The fourth-order valence-electron chi connectivity index (χ4n) is 2.26. The molecule has 1 aromatic carbocycles. The predicted octanol–water partition coefficient (Wildman–Crippen LogP) is 3.60. The van der Waals surface area contributed by atoms with E-state index in [2.05, 4.69) is 62.3 Å². The Balaban J connectivity index is 2.28. The SMILES string of the molecule is CCCNCCCC(C)N(C)Cc1ccccc1C. The van der Waals surface area contributed by atoms with Crippen molar-refractivity contribution in [2.24, 2.45) is 0 Å². The van der Waals surface area contributed by atoms with Gasteiger partial charge in [-0.2, -0.15) is 0 Å². The summed E-state index contributed by atoms with van der Waals surface area (Å²) in [4.78, 5) is 2.46. The van der Waals surface area contributed by atoms with Crippen LogP contribution in [0.5, 0.6) is 0 Å². The highest BCUT2D eigenvalue weighted by molar-refractivity contribution is 5.25. The summed E-state index contributed by atoms with van der Waals surface area (Å²) >= 11 is 0. The lowest BCUT2D eigenvalue weighted by molar-refractivity contribution is 0.234. The first-order valence-electron chi connectivity index (χ1n) is 7.60. The summed E-state index contributed by atoms with van der Waals surface area (Å²) in [6, 6.07) is 9.32. The van der Waals surface area contributed by atoms with Crippen LogP contribution in [0.1, 0.15) is 44.2 Å². The summed E-state index contributed by atoms with van der Waals surface area (Å²) in [6.45, 7) is 10.1. The van der Waals surface area contributed by atoms with Gasteiger partial charge >= 0.3 is 0 Å². The van der Waals surface area contributed by atoms with Crippen LogP contribution < -0.4 is 5.32 Å². The second kappa shape index (κ2) is 9.11. The quantitative estimate of drug-likeness (QED) is 0.684. The van der Waals surface area contributed by atoms with Crippen molar-refractivity contribution in [2.45, 2.75) is 52.6 Å². The van der Waals surface area contributed by atoms with Gasteiger partial charge in [-0.3, -0.25) is 4.90 Å². The molecule has 0 saturated heterocycles. The average Bonchev–Trinajstić information content (AvgIpc) is 2.41. The zero-order valence-electron chi connectivity index (χ0n) is 13.1. The Morgan fingerprint density at radius 3 is 2.63 bits per heavy atom. The van der Waals surface area contributed by atoms with E-state index in [0.29, 0.717) is 6.04 Å².